The molecule has 0 aromatic heterocycles. The van der Waals surface area contributed by atoms with Crippen LogP contribution >= 0.6 is 0 Å². The Labute approximate surface area is 192 Å². The van der Waals surface area contributed by atoms with Crippen LogP contribution in [0.4, 0.5) is 0 Å². The Morgan fingerprint density at radius 3 is 2.47 bits per heavy atom. The van der Waals surface area contributed by atoms with Crippen molar-refractivity contribution >= 4 is 0 Å². The van der Waals surface area contributed by atoms with Gasteiger partial charge in [-0.25, -0.2) is 0 Å². The van der Waals surface area contributed by atoms with Gasteiger partial charge in [0.1, 0.15) is 5.75 Å². The maximum absolute atomic E-state index is 10.2. The third kappa shape index (κ3) is 5.36. The Balaban J connectivity index is 1.42. The standard InChI is InChI=1S/C28H38O4/c1-18-5-8-21(27-15-23(30)14-26(17-29)32-27)13-22(18)12-20-6-9-24(10-7-20)31-25-11-19(2)28(3,4)16-25/h5-10,13,19,23,25-27,29-30H,11-12,14-17H2,1-4H3. The second kappa shape index (κ2) is 9.54. The fraction of sp³-hybridized carbons (Fsp3) is 0.571. The molecule has 1 aliphatic heterocycles. The minimum absolute atomic E-state index is 0.0576. The number of rotatable bonds is 6. The van der Waals surface area contributed by atoms with Gasteiger partial charge in [-0.05, 0) is 71.9 Å². The van der Waals surface area contributed by atoms with Crippen LogP contribution in [0.2, 0.25) is 0 Å². The van der Waals surface area contributed by atoms with E-state index in [0.717, 1.165) is 30.6 Å². The van der Waals surface area contributed by atoms with E-state index in [1.165, 1.54) is 16.7 Å². The van der Waals surface area contributed by atoms with Gasteiger partial charge in [-0.3, -0.25) is 0 Å². The predicted octanol–water partition coefficient (Wildman–Crippen LogP) is 5.36. The first-order valence-corrected chi connectivity index (χ1v) is 12.0. The minimum atomic E-state index is -0.434. The number of hydrogen-bond donors (Lipinski definition) is 2. The van der Waals surface area contributed by atoms with Crippen LogP contribution in [-0.4, -0.2) is 35.1 Å². The molecule has 0 bridgehead atoms. The van der Waals surface area contributed by atoms with Crippen LogP contribution in [0.3, 0.4) is 0 Å². The highest BCUT2D eigenvalue weighted by Crippen LogP contribution is 2.43. The Morgan fingerprint density at radius 1 is 1.06 bits per heavy atom. The average molecular weight is 439 g/mol. The molecule has 0 amide bonds. The van der Waals surface area contributed by atoms with E-state index in [-0.39, 0.29) is 18.8 Å². The normalized spacial score (nSPS) is 29.8. The van der Waals surface area contributed by atoms with Gasteiger partial charge < -0.3 is 19.7 Å². The predicted molar refractivity (Wildman–Crippen MR) is 127 cm³/mol. The van der Waals surface area contributed by atoms with Gasteiger partial charge in [0.25, 0.3) is 0 Å². The van der Waals surface area contributed by atoms with E-state index >= 15 is 0 Å². The molecule has 1 aliphatic carbocycles. The van der Waals surface area contributed by atoms with Crippen molar-refractivity contribution < 1.29 is 19.7 Å². The first-order chi connectivity index (χ1) is 15.2. The maximum atomic E-state index is 10.2. The summed E-state index contributed by atoms with van der Waals surface area (Å²) in [6, 6.07) is 14.9. The Hall–Kier alpha value is -1.88. The van der Waals surface area contributed by atoms with Gasteiger partial charge in [-0.2, -0.15) is 0 Å². The molecule has 2 aliphatic rings. The lowest BCUT2D eigenvalue weighted by atomic mass is 9.83. The highest BCUT2D eigenvalue weighted by molar-refractivity contribution is 5.38. The van der Waals surface area contributed by atoms with E-state index in [4.69, 9.17) is 9.47 Å². The second-order valence-corrected chi connectivity index (χ2v) is 10.6. The Kier molecular flexibility index (Phi) is 6.94. The van der Waals surface area contributed by atoms with Gasteiger partial charge >= 0.3 is 0 Å². The second-order valence-electron chi connectivity index (χ2n) is 10.6. The van der Waals surface area contributed by atoms with E-state index in [1.807, 2.05) is 0 Å². The minimum Gasteiger partial charge on any atom is -0.490 e. The fourth-order valence-electron chi connectivity index (χ4n) is 5.18. The molecule has 32 heavy (non-hydrogen) atoms. The summed E-state index contributed by atoms with van der Waals surface area (Å²) in [6.45, 7) is 9.07. The van der Waals surface area contributed by atoms with Crippen molar-refractivity contribution in [3.63, 3.8) is 0 Å². The third-order valence-electron chi connectivity index (χ3n) is 7.65. The number of aryl methyl sites for hydroxylation is 1. The molecule has 4 nitrogen and oxygen atoms in total. The molecule has 1 heterocycles. The first kappa shape index (κ1) is 23.3. The van der Waals surface area contributed by atoms with Gasteiger partial charge in [0.05, 0.1) is 31.0 Å². The maximum Gasteiger partial charge on any atom is 0.119 e. The van der Waals surface area contributed by atoms with Gasteiger partial charge in [-0.15, -0.1) is 0 Å². The number of benzene rings is 2. The largest absolute Gasteiger partial charge is 0.490 e. The summed E-state index contributed by atoms with van der Waals surface area (Å²) < 4.78 is 12.3. The van der Waals surface area contributed by atoms with Crippen molar-refractivity contribution in [1.29, 1.82) is 0 Å². The quantitative estimate of drug-likeness (QED) is 0.637. The highest BCUT2D eigenvalue weighted by Gasteiger charge is 2.38. The molecule has 4 rings (SSSR count). The molecule has 2 aromatic carbocycles. The van der Waals surface area contributed by atoms with Gasteiger partial charge in [0.15, 0.2) is 0 Å². The van der Waals surface area contributed by atoms with Crippen LogP contribution in [0.1, 0.15) is 74.8 Å². The van der Waals surface area contributed by atoms with Crippen LogP contribution in [0.5, 0.6) is 5.75 Å². The smallest absolute Gasteiger partial charge is 0.119 e. The topological polar surface area (TPSA) is 58.9 Å². The average Bonchev–Trinajstić information content (AvgIpc) is 3.01. The molecule has 2 aromatic rings. The Bertz CT molecular complexity index is 904. The summed E-state index contributed by atoms with van der Waals surface area (Å²) >= 11 is 0. The van der Waals surface area contributed by atoms with Gasteiger partial charge in [0.2, 0.25) is 0 Å². The molecular weight excluding hydrogens is 400 g/mol. The number of aliphatic hydroxyl groups excluding tert-OH is 2. The van der Waals surface area contributed by atoms with E-state index in [1.54, 1.807) is 0 Å². The number of ether oxygens (including phenoxy) is 2. The molecule has 0 radical (unpaired) electrons. The summed E-state index contributed by atoms with van der Waals surface area (Å²) in [6.07, 6.45) is 3.53. The molecule has 1 saturated carbocycles. The zero-order valence-electron chi connectivity index (χ0n) is 19.9. The lowest BCUT2D eigenvalue weighted by molar-refractivity contribution is -0.113. The van der Waals surface area contributed by atoms with Crippen molar-refractivity contribution in [2.24, 2.45) is 11.3 Å². The summed E-state index contributed by atoms with van der Waals surface area (Å²) in [5.41, 5.74) is 5.16. The van der Waals surface area contributed by atoms with Gasteiger partial charge in [0, 0.05) is 12.8 Å². The molecule has 0 spiro atoms. The molecule has 1 saturated heterocycles. The van der Waals surface area contributed by atoms with Crippen molar-refractivity contribution in [2.75, 3.05) is 6.61 Å². The third-order valence-corrected chi connectivity index (χ3v) is 7.65. The lowest BCUT2D eigenvalue weighted by Gasteiger charge is -2.32. The molecular formula is C28H38O4. The molecule has 174 valence electrons. The van der Waals surface area contributed by atoms with Crippen molar-refractivity contribution in [2.45, 2.75) is 84.2 Å². The molecule has 5 unspecified atom stereocenters. The molecule has 4 heteroatoms. The summed E-state index contributed by atoms with van der Waals surface area (Å²) in [5, 5.41) is 19.6. The number of aliphatic hydroxyl groups is 2. The lowest BCUT2D eigenvalue weighted by Crippen LogP contribution is -2.33. The molecule has 2 fully saturated rings. The SMILES string of the molecule is Cc1ccc(C2CC(O)CC(CO)O2)cc1Cc1ccc(OC2CC(C)C(C)(C)C2)cc1. The van der Waals surface area contributed by atoms with Crippen LogP contribution in [0.15, 0.2) is 42.5 Å². The first-order valence-electron chi connectivity index (χ1n) is 12.0. The van der Waals surface area contributed by atoms with Crippen LogP contribution in [-0.2, 0) is 11.2 Å². The Morgan fingerprint density at radius 2 is 1.81 bits per heavy atom. The summed E-state index contributed by atoms with van der Waals surface area (Å²) in [5.74, 6) is 1.64. The number of hydrogen-bond acceptors (Lipinski definition) is 4. The van der Waals surface area contributed by atoms with Crippen LogP contribution in [0.25, 0.3) is 0 Å². The summed E-state index contributed by atoms with van der Waals surface area (Å²) in [4.78, 5) is 0. The van der Waals surface area contributed by atoms with E-state index in [0.29, 0.717) is 30.3 Å². The van der Waals surface area contributed by atoms with Crippen LogP contribution in [0, 0.1) is 18.3 Å². The van der Waals surface area contributed by atoms with Crippen molar-refractivity contribution in [3.05, 3.63) is 64.7 Å². The zero-order chi connectivity index (χ0) is 22.9. The zero-order valence-corrected chi connectivity index (χ0v) is 19.9. The molecule has 2 N–H and O–H groups in total. The summed E-state index contributed by atoms with van der Waals surface area (Å²) in [7, 11) is 0. The monoisotopic (exact) mass is 438 g/mol. The van der Waals surface area contributed by atoms with Crippen molar-refractivity contribution in [1.82, 2.24) is 0 Å². The van der Waals surface area contributed by atoms with E-state index in [9.17, 15) is 10.2 Å². The molecule has 5 atom stereocenters. The van der Waals surface area contributed by atoms with E-state index < -0.39 is 6.10 Å². The highest BCUT2D eigenvalue weighted by atomic mass is 16.5. The fourth-order valence-corrected chi connectivity index (χ4v) is 5.18. The van der Waals surface area contributed by atoms with Crippen LogP contribution < -0.4 is 4.74 Å². The van der Waals surface area contributed by atoms with Gasteiger partial charge in [-0.1, -0.05) is 51.1 Å². The van der Waals surface area contributed by atoms with Crippen molar-refractivity contribution in [3.8, 4) is 5.75 Å². The van der Waals surface area contributed by atoms with E-state index in [2.05, 4.69) is 70.2 Å².